The van der Waals surface area contributed by atoms with Crippen LogP contribution in [0.15, 0.2) is 48.0 Å². The average molecular weight is 667 g/mol. The quantitative estimate of drug-likeness (QED) is 0.155. The first-order chi connectivity index (χ1) is 21.7. The first-order valence-electron chi connectivity index (χ1n) is 14.3. The van der Waals surface area contributed by atoms with Gasteiger partial charge in [0.05, 0.1) is 29.2 Å². The minimum absolute atomic E-state index is 0.0530. The molecule has 0 N–H and O–H groups in total. The molecule has 1 aliphatic carbocycles. The first-order valence-corrected chi connectivity index (χ1v) is 16.9. The van der Waals surface area contributed by atoms with Crippen LogP contribution in [0.2, 0.25) is 0 Å². The second-order valence-electron chi connectivity index (χ2n) is 11.0. The second-order valence-corrected chi connectivity index (χ2v) is 13.8. The summed E-state index contributed by atoms with van der Waals surface area (Å²) in [6, 6.07) is 11.6. The van der Waals surface area contributed by atoms with Crippen molar-refractivity contribution in [1.29, 1.82) is 0 Å². The van der Waals surface area contributed by atoms with Crippen molar-refractivity contribution in [3.05, 3.63) is 64.2 Å². The Balaban J connectivity index is 1.07. The zero-order valence-electron chi connectivity index (χ0n) is 24.6. The van der Waals surface area contributed by atoms with Gasteiger partial charge in [0.2, 0.25) is 4.96 Å². The fraction of sp³-hybridized carbons (Fsp3) is 0.323. The zero-order valence-corrected chi connectivity index (χ0v) is 27.1. The molecule has 4 aromatic heterocycles. The number of carbonyl (C=O) groups is 1. The van der Waals surface area contributed by atoms with Crippen LogP contribution < -0.4 is 9.47 Å². The van der Waals surface area contributed by atoms with Crippen molar-refractivity contribution in [3.8, 4) is 32.8 Å². The Morgan fingerprint density at radius 2 is 1.87 bits per heavy atom. The summed E-state index contributed by atoms with van der Waals surface area (Å²) in [5, 5.41) is 7.09. The van der Waals surface area contributed by atoms with Crippen LogP contribution in [0.1, 0.15) is 53.7 Å². The number of ether oxygens (including phenoxy) is 2. The molecule has 1 saturated carbocycles. The summed E-state index contributed by atoms with van der Waals surface area (Å²) in [6.07, 6.45) is 6.11. The van der Waals surface area contributed by atoms with Gasteiger partial charge >= 0.3 is 0 Å². The Bertz CT molecular complexity index is 1970. The summed E-state index contributed by atoms with van der Waals surface area (Å²) in [6.45, 7) is 1.05. The van der Waals surface area contributed by atoms with Gasteiger partial charge in [-0.25, -0.2) is 19.5 Å². The Hall–Kier alpha value is -4.01. The number of carbonyl (C=O) groups excluding carboxylic acids is 1. The maximum Gasteiger partial charge on any atom is 0.298 e. The lowest BCUT2D eigenvalue weighted by Crippen LogP contribution is -2.35. The Labute approximate surface area is 269 Å². The molecule has 9 nitrogen and oxygen atoms in total. The standard InChI is InChI=1S/C31H28F2N6O3S3/c1-31(32,33)29-37-39-14-23(36-30(39)45-29)27-35-22-12-21(41-3)13-24(25(22)44-27)42-15-19-16-43-26(34-19)17-8-10-18(11-9-17)28(40)38(2)20-6-4-5-7-20/h8-14,16,20H,4-7,15H2,1-3H3. The van der Waals surface area contributed by atoms with Gasteiger partial charge in [0.1, 0.15) is 33.8 Å². The second kappa shape index (κ2) is 11.7. The van der Waals surface area contributed by atoms with Crippen LogP contribution in [0, 0.1) is 0 Å². The lowest BCUT2D eigenvalue weighted by atomic mass is 10.1. The van der Waals surface area contributed by atoms with E-state index in [2.05, 4.69) is 10.1 Å². The summed E-state index contributed by atoms with van der Waals surface area (Å²) >= 11 is 3.75. The molecule has 0 saturated heterocycles. The Morgan fingerprint density at radius 1 is 1.09 bits per heavy atom. The molecule has 14 heteroatoms. The number of hydrogen-bond donors (Lipinski definition) is 0. The van der Waals surface area contributed by atoms with Crippen LogP contribution in [0.4, 0.5) is 8.78 Å². The molecule has 232 valence electrons. The predicted molar refractivity (Wildman–Crippen MR) is 172 cm³/mol. The number of rotatable bonds is 9. The molecule has 0 aliphatic heterocycles. The molecule has 1 aliphatic rings. The molecule has 0 bridgehead atoms. The molecule has 0 unspecified atom stereocenters. The third kappa shape index (κ3) is 5.89. The number of halogens is 2. The van der Waals surface area contributed by atoms with E-state index in [1.165, 1.54) is 40.0 Å². The summed E-state index contributed by atoms with van der Waals surface area (Å²) < 4.78 is 41.3. The van der Waals surface area contributed by atoms with E-state index >= 15 is 0 Å². The third-order valence-corrected chi connectivity index (χ3v) is 10.9. The molecule has 0 radical (unpaired) electrons. The fourth-order valence-corrected chi connectivity index (χ4v) is 7.96. The maximum atomic E-state index is 13.7. The van der Waals surface area contributed by atoms with Gasteiger partial charge in [0.25, 0.3) is 11.8 Å². The van der Waals surface area contributed by atoms with E-state index in [9.17, 15) is 13.6 Å². The highest BCUT2D eigenvalue weighted by molar-refractivity contribution is 7.22. The molecule has 4 heterocycles. The number of aromatic nitrogens is 5. The number of fused-ring (bicyclic) bond motifs is 2. The average Bonchev–Trinajstić information content (AvgIpc) is 3.86. The fourth-order valence-electron chi connectivity index (χ4n) is 5.37. The smallest absolute Gasteiger partial charge is 0.298 e. The van der Waals surface area contributed by atoms with Gasteiger partial charge in [-0.2, -0.15) is 13.9 Å². The van der Waals surface area contributed by atoms with Gasteiger partial charge in [-0.05, 0) is 25.0 Å². The van der Waals surface area contributed by atoms with Crippen LogP contribution in [-0.4, -0.2) is 55.6 Å². The number of thiazole rings is 2. The number of hydrogen-bond acceptors (Lipinski definition) is 10. The van der Waals surface area contributed by atoms with Crippen molar-refractivity contribution < 1.29 is 23.0 Å². The summed E-state index contributed by atoms with van der Waals surface area (Å²) in [5.74, 6) is -1.80. The van der Waals surface area contributed by atoms with Gasteiger partial charge in [-0.15, -0.1) is 22.7 Å². The highest BCUT2D eigenvalue weighted by Crippen LogP contribution is 2.40. The number of amides is 1. The highest BCUT2D eigenvalue weighted by atomic mass is 32.1. The Morgan fingerprint density at radius 3 is 2.58 bits per heavy atom. The van der Waals surface area contributed by atoms with E-state index < -0.39 is 5.92 Å². The number of benzene rings is 2. The van der Waals surface area contributed by atoms with E-state index in [1.807, 2.05) is 47.7 Å². The monoisotopic (exact) mass is 666 g/mol. The largest absolute Gasteiger partial charge is 0.497 e. The van der Waals surface area contributed by atoms with Crippen molar-refractivity contribution in [2.24, 2.45) is 0 Å². The van der Waals surface area contributed by atoms with Crippen molar-refractivity contribution >= 4 is 55.1 Å². The molecule has 0 spiro atoms. The van der Waals surface area contributed by atoms with Gasteiger partial charge in [-0.3, -0.25) is 4.79 Å². The minimum Gasteiger partial charge on any atom is -0.497 e. The molecular weight excluding hydrogens is 639 g/mol. The molecular formula is C31H28F2N6O3S3. The van der Waals surface area contributed by atoms with E-state index in [4.69, 9.17) is 19.4 Å². The molecule has 45 heavy (non-hydrogen) atoms. The van der Waals surface area contributed by atoms with Crippen LogP contribution in [-0.2, 0) is 12.5 Å². The van der Waals surface area contributed by atoms with Crippen molar-refractivity contribution in [2.45, 2.75) is 51.2 Å². The molecule has 6 aromatic rings. The SMILES string of the molecule is COc1cc(OCc2csc(-c3ccc(C(=O)N(C)C4CCCC4)cc3)n2)c2sc(-c3cn4nc(C(C)(F)F)sc4n3)nc2c1. The molecule has 0 atom stereocenters. The van der Waals surface area contributed by atoms with E-state index in [-0.39, 0.29) is 17.5 Å². The highest BCUT2D eigenvalue weighted by Gasteiger charge is 2.30. The normalized spacial score (nSPS) is 14.1. The van der Waals surface area contributed by atoms with E-state index in [1.54, 1.807) is 19.4 Å². The minimum atomic E-state index is -3.03. The number of alkyl halides is 2. The predicted octanol–water partition coefficient (Wildman–Crippen LogP) is 7.90. The van der Waals surface area contributed by atoms with Crippen LogP contribution in [0.25, 0.3) is 36.5 Å². The lowest BCUT2D eigenvalue weighted by Gasteiger charge is -2.24. The molecule has 2 aromatic carbocycles. The van der Waals surface area contributed by atoms with Gasteiger partial charge in [0.15, 0.2) is 5.01 Å². The lowest BCUT2D eigenvalue weighted by molar-refractivity contribution is 0.0163. The van der Waals surface area contributed by atoms with E-state index in [0.29, 0.717) is 44.3 Å². The first kappa shape index (κ1) is 29.7. The molecule has 7 rings (SSSR count). The number of imidazole rings is 1. The number of nitrogens with zero attached hydrogens (tertiary/aromatic N) is 6. The van der Waals surface area contributed by atoms with E-state index in [0.717, 1.165) is 52.1 Å². The third-order valence-electron chi connectivity index (χ3n) is 7.80. The van der Waals surface area contributed by atoms with Crippen LogP contribution in [0.3, 0.4) is 0 Å². The van der Waals surface area contributed by atoms with Gasteiger partial charge in [0, 0.05) is 48.7 Å². The molecule has 1 amide bonds. The van der Waals surface area contributed by atoms with Crippen molar-refractivity contribution in [3.63, 3.8) is 0 Å². The summed E-state index contributed by atoms with van der Waals surface area (Å²) in [5.41, 5.74) is 3.58. The molecule has 1 fully saturated rings. The topological polar surface area (TPSA) is 94.7 Å². The van der Waals surface area contributed by atoms with Crippen LogP contribution >= 0.6 is 34.0 Å². The van der Waals surface area contributed by atoms with Gasteiger partial charge < -0.3 is 14.4 Å². The van der Waals surface area contributed by atoms with Crippen LogP contribution in [0.5, 0.6) is 11.5 Å². The van der Waals surface area contributed by atoms with Crippen molar-refractivity contribution in [2.75, 3.05) is 14.2 Å². The van der Waals surface area contributed by atoms with Crippen molar-refractivity contribution in [1.82, 2.24) is 29.5 Å². The maximum absolute atomic E-state index is 13.7. The van der Waals surface area contributed by atoms with Gasteiger partial charge in [-0.1, -0.05) is 36.3 Å². The number of methoxy groups -OCH3 is 1. The summed E-state index contributed by atoms with van der Waals surface area (Å²) in [4.78, 5) is 29.2. The summed E-state index contributed by atoms with van der Waals surface area (Å²) in [7, 11) is 3.47. The Kier molecular flexibility index (Phi) is 7.74. The zero-order chi connectivity index (χ0) is 31.3.